The zero-order chi connectivity index (χ0) is 16.3. The van der Waals surface area contributed by atoms with Crippen LogP contribution in [0.25, 0.3) is 0 Å². The van der Waals surface area contributed by atoms with Crippen molar-refractivity contribution in [3.8, 4) is 0 Å². The van der Waals surface area contributed by atoms with Gasteiger partial charge in [-0.2, -0.15) is 0 Å². The van der Waals surface area contributed by atoms with Gasteiger partial charge in [-0.25, -0.2) is 0 Å². The predicted octanol–water partition coefficient (Wildman–Crippen LogP) is 0.961. The number of benzene rings is 1. The Kier molecular flexibility index (Phi) is 4.65. The van der Waals surface area contributed by atoms with E-state index in [-0.39, 0.29) is 31.7 Å². The van der Waals surface area contributed by atoms with Crippen molar-refractivity contribution in [2.24, 2.45) is 0 Å². The molecule has 0 atom stereocenters. The van der Waals surface area contributed by atoms with Crippen LogP contribution in [-0.2, 0) is 20.8 Å². The molecule has 1 aromatic rings. The van der Waals surface area contributed by atoms with Crippen molar-refractivity contribution >= 4 is 29.2 Å². The molecule has 2 rings (SSSR count). The van der Waals surface area contributed by atoms with Crippen LogP contribution in [0.5, 0.6) is 0 Å². The Hall–Kier alpha value is -2.57. The van der Waals surface area contributed by atoms with Gasteiger partial charge in [-0.1, -0.05) is 0 Å². The first-order chi connectivity index (χ1) is 10.4. The van der Waals surface area contributed by atoms with Crippen LogP contribution in [0.2, 0.25) is 0 Å². The van der Waals surface area contributed by atoms with E-state index in [1.807, 2.05) is 17.0 Å². The quantitative estimate of drug-likeness (QED) is 0.778. The molecule has 1 amide bonds. The summed E-state index contributed by atoms with van der Waals surface area (Å²) in [5.74, 6) is -1.91. The Balaban J connectivity index is 2.12. The molecule has 1 aliphatic heterocycles. The third-order valence-electron chi connectivity index (χ3n) is 3.65. The molecule has 0 aromatic heterocycles. The molecule has 0 aliphatic carbocycles. The Labute approximate surface area is 127 Å². The molecule has 7 nitrogen and oxygen atoms in total. The number of carboxylic acid groups (broad SMARTS) is 2. The van der Waals surface area contributed by atoms with E-state index in [0.29, 0.717) is 6.54 Å². The minimum atomic E-state index is -0.939. The number of anilines is 2. The van der Waals surface area contributed by atoms with Crippen LogP contribution >= 0.6 is 0 Å². The fourth-order valence-corrected chi connectivity index (χ4v) is 2.45. The highest BCUT2D eigenvalue weighted by molar-refractivity contribution is 6.02. The lowest BCUT2D eigenvalue weighted by Crippen LogP contribution is -2.29. The molecular weight excluding hydrogens is 288 g/mol. The Morgan fingerprint density at radius 2 is 1.91 bits per heavy atom. The van der Waals surface area contributed by atoms with Crippen LogP contribution in [0.4, 0.5) is 11.4 Å². The number of nitrogens with zero attached hydrogens (tertiary/aromatic N) is 2. The van der Waals surface area contributed by atoms with E-state index in [1.54, 1.807) is 13.1 Å². The highest BCUT2D eigenvalue weighted by atomic mass is 16.4. The number of hydrogen-bond donors (Lipinski definition) is 2. The summed E-state index contributed by atoms with van der Waals surface area (Å²) in [4.78, 5) is 36.6. The highest BCUT2D eigenvalue weighted by Gasteiger charge is 2.27. The topological polar surface area (TPSA) is 98.2 Å². The number of aliphatic carboxylic acids is 2. The first-order valence-electron chi connectivity index (χ1n) is 6.96. The smallest absolute Gasteiger partial charge is 0.305 e. The number of carbonyl (C=O) groups excluding carboxylic acids is 1. The van der Waals surface area contributed by atoms with Gasteiger partial charge in [0.25, 0.3) is 0 Å². The molecule has 0 bridgehead atoms. The number of rotatable bonds is 7. The lowest BCUT2D eigenvalue weighted by Gasteiger charge is -2.20. The van der Waals surface area contributed by atoms with Crippen LogP contribution in [0, 0.1) is 0 Å². The van der Waals surface area contributed by atoms with Crippen LogP contribution in [0.15, 0.2) is 18.2 Å². The molecule has 0 fully saturated rings. The zero-order valence-corrected chi connectivity index (χ0v) is 12.3. The van der Waals surface area contributed by atoms with Gasteiger partial charge in [0.15, 0.2) is 0 Å². The Bertz CT molecular complexity index is 614. The second kappa shape index (κ2) is 6.46. The van der Waals surface area contributed by atoms with Crippen LogP contribution < -0.4 is 9.80 Å². The van der Waals surface area contributed by atoms with Crippen molar-refractivity contribution in [2.45, 2.75) is 19.3 Å². The molecule has 0 unspecified atom stereocenters. The summed E-state index contributed by atoms with van der Waals surface area (Å²) in [5.41, 5.74) is 2.42. The van der Waals surface area contributed by atoms with Crippen LogP contribution in [0.3, 0.4) is 0 Å². The summed E-state index contributed by atoms with van der Waals surface area (Å²) >= 11 is 0. The van der Waals surface area contributed by atoms with Crippen LogP contribution in [-0.4, -0.2) is 48.2 Å². The van der Waals surface area contributed by atoms with Crippen molar-refractivity contribution in [3.05, 3.63) is 23.8 Å². The normalized spacial score (nSPS) is 13.1. The van der Waals surface area contributed by atoms with Crippen molar-refractivity contribution < 1.29 is 24.6 Å². The number of carboxylic acids is 2. The minimum absolute atomic E-state index is 0.0389. The molecule has 118 valence electrons. The SMILES string of the molecule is CN(CCC(=O)O)c1ccc2c(c1)CC(=O)N2CCC(=O)O. The number of hydrogen-bond acceptors (Lipinski definition) is 4. The van der Waals surface area contributed by atoms with Gasteiger partial charge in [0.1, 0.15) is 0 Å². The Morgan fingerprint density at radius 1 is 1.23 bits per heavy atom. The van der Waals surface area contributed by atoms with Gasteiger partial charge in [-0.05, 0) is 23.8 Å². The molecule has 0 spiro atoms. The first kappa shape index (κ1) is 15.8. The van der Waals surface area contributed by atoms with Gasteiger partial charge < -0.3 is 20.0 Å². The highest BCUT2D eigenvalue weighted by Crippen LogP contribution is 2.32. The summed E-state index contributed by atoms with van der Waals surface area (Å²) in [6, 6.07) is 5.46. The van der Waals surface area contributed by atoms with Gasteiger partial charge in [-0.3, -0.25) is 14.4 Å². The summed E-state index contributed by atoms with van der Waals surface area (Å²) in [6.07, 6.45) is 0.193. The van der Waals surface area contributed by atoms with Crippen molar-refractivity contribution in [1.82, 2.24) is 0 Å². The van der Waals surface area contributed by atoms with Gasteiger partial charge in [0, 0.05) is 31.5 Å². The van der Waals surface area contributed by atoms with E-state index in [2.05, 4.69) is 0 Å². The fourth-order valence-electron chi connectivity index (χ4n) is 2.45. The van der Waals surface area contributed by atoms with E-state index in [1.165, 1.54) is 4.90 Å². The summed E-state index contributed by atoms with van der Waals surface area (Å²) in [5, 5.41) is 17.4. The van der Waals surface area contributed by atoms with Crippen LogP contribution in [0.1, 0.15) is 18.4 Å². The van der Waals surface area contributed by atoms with Gasteiger partial charge in [0.2, 0.25) is 5.91 Å². The summed E-state index contributed by atoms with van der Waals surface area (Å²) < 4.78 is 0. The van der Waals surface area contributed by atoms with E-state index in [9.17, 15) is 14.4 Å². The average Bonchev–Trinajstić information content (AvgIpc) is 2.76. The average molecular weight is 306 g/mol. The predicted molar refractivity (Wildman–Crippen MR) is 80.3 cm³/mol. The molecule has 7 heteroatoms. The van der Waals surface area contributed by atoms with E-state index in [4.69, 9.17) is 10.2 Å². The maximum atomic E-state index is 12.0. The molecule has 1 aliphatic rings. The monoisotopic (exact) mass is 306 g/mol. The lowest BCUT2D eigenvalue weighted by atomic mass is 10.1. The number of fused-ring (bicyclic) bond motifs is 1. The lowest BCUT2D eigenvalue weighted by molar-refractivity contribution is -0.137. The second-order valence-electron chi connectivity index (χ2n) is 5.24. The largest absolute Gasteiger partial charge is 0.481 e. The molecule has 1 aromatic carbocycles. The number of amides is 1. The second-order valence-corrected chi connectivity index (χ2v) is 5.24. The fraction of sp³-hybridized carbons (Fsp3) is 0.400. The summed E-state index contributed by atoms with van der Waals surface area (Å²) in [6.45, 7) is 0.542. The third kappa shape index (κ3) is 3.55. The number of carbonyl (C=O) groups is 3. The maximum absolute atomic E-state index is 12.0. The van der Waals surface area contributed by atoms with Crippen molar-refractivity contribution in [1.29, 1.82) is 0 Å². The van der Waals surface area contributed by atoms with Crippen molar-refractivity contribution in [3.63, 3.8) is 0 Å². The van der Waals surface area contributed by atoms with Crippen molar-refractivity contribution in [2.75, 3.05) is 29.9 Å². The first-order valence-corrected chi connectivity index (χ1v) is 6.96. The molecule has 1 heterocycles. The maximum Gasteiger partial charge on any atom is 0.305 e. The summed E-state index contributed by atoms with van der Waals surface area (Å²) in [7, 11) is 1.80. The minimum Gasteiger partial charge on any atom is -0.481 e. The molecule has 2 N–H and O–H groups in total. The zero-order valence-electron chi connectivity index (χ0n) is 12.3. The van der Waals surface area contributed by atoms with E-state index < -0.39 is 11.9 Å². The van der Waals surface area contributed by atoms with E-state index in [0.717, 1.165) is 16.9 Å². The molecule has 0 saturated heterocycles. The molecule has 22 heavy (non-hydrogen) atoms. The molecule has 0 radical (unpaired) electrons. The standard InChI is InChI=1S/C15H18N2O5/c1-16(6-4-14(19)20)11-2-3-12-10(8-11)9-13(18)17(12)7-5-15(21)22/h2-3,8H,4-7,9H2,1H3,(H,19,20)(H,21,22). The van der Waals surface area contributed by atoms with Gasteiger partial charge >= 0.3 is 11.9 Å². The van der Waals surface area contributed by atoms with Gasteiger partial charge in [0.05, 0.1) is 19.3 Å². The molecule has 0 saturated carbocycles. The Morgan fingerprint density at radius 3 is 2.55 bits per heavy atom. The molecular formula is C15H18N2O5. The third-order valence-corrected chi connectivity index (χ3v) is 3.65. The van der Waals surface area contributed by atoms with E-state index >= 15 is 0 Å². The van der Waals surface area contributed by atoms with Gasteiger partial charge in [-0.15, -0.1) is 0 Å².